The monoisotopic (exact) mass is 428 g/mol. The van der Waals surface area contributed by atoms with Gasteiger partial charge in [0, 0.05) is 13.1 Å². The summed E-state index contributed by atoms with van der Waals surface area (Å²) in [5.74, 6) is -0.644. The number of hydrogen-bond acceptors (Lipinski definition) is 4. The fourth-order valence-electron chi connectivity index (χ4n) is 3.20. The molecule has 0 saturated heterocycles. The normalized spacial score (nSPS) is 14.9. The van der Waals surface area contributed by atoms with Gasteiger partial charge < -0.3 is 9.64 Å². The summed E-state index contributed by atoms with van der Waals surface area (Å²) in [6, 6.07) is 11.8. The Balaban J connectivity index is 1.81. The molecule has 0 aliphatic carbocycles. The minimum absolute atomic E-state index is 0.0422. The third kappa shape index (κ3) is 5.20. The zero-order valence-corrected chi connectivity index (χ0v) is 16.3. The van der Waals surface area contributed by atoms with E-state index in [0.29, 0.717) is 29.9 Å². The Hall–Kier alpha value is -2.75. The van der Waals surface area contributed by atoms with Gasteiger partial charge in [-0.25, -0.2) is 8.42 Å². The molecule has 2 aromatic carbocycles. The van der Waals surface area contributed by atoms with Gasteiger partial charge in [0.2, 0.25) is 15.9 Å². The summed E-state index contributed by atoms with van der Waals surface area (Å²) < 4.78 is 66.1. The Morgan fingerprint density at radius 2 is 1.66 bits per heavy atom. The van der Waals surface area contributed by atoms with Gasteiger partial charge in [-0.2, -0.15) is 0 Å². The standard InChI is InChI=1S/C19H19F3N2O4S/c1-29(26,27)24-12-4-11-23(16-5-2-3-6-17(16)24)18(25)13-14-7-9-15(10-8-14)28-19(20,21)22/h2-3,5-10H,4,11-13H2,1H3. The largest absolute Gasteiger partial charge is 0.573 e. The zero-order valence-electron chi connectivity index (χ0n) is 15.5. The van der Waals surface area contributed by atoms with Crippen molar-refractivity contribution in [3.63, 3.8) is 0 Å². The Labute approximate surface area is 166 Å². The van der Waals surface area contributed by atoms with Crippen LogP contribution in [0.4, 0.5) is 24.5 Å². The minimum atomic E-state index is -4.78. The van der Waals surface area contributed by atoms with Crippen molar-refractivity contribution < 1.29 is 31.1 Å². The van der Waals surface area contributed by atoms with Crippen LogP contribution in [0.3, 0.4) is 0 Å². The maximum absolute atomic E-state index is 12.9. The van der Waals surface area contributed by atoms with E-state index >= 15 is 0 Å². The average molecular weight is 428 g/mol. The van der Waals surface area contributed by atoms with Crippen molar-refractivity contribution in [2.75, 3.05) is 28.6 Å². The molecule has 6 nitrogen and oxygen atoms in total. The summed E-state index contributed by atoms with van der Waals surface area (Å²) in [7, 11) is -3.50. The summed E-state index contributed by atoms with van der Waals surface area (Å²) in [5.41, 5.74) is 1.43. The van der Waals surface area contributed by atoms with Crippen molar-refractivity contribution in [1.82, 2.24) is 0 Å². The van der Waals surface area contributed by atoms with Gasteiger partial charge in [-0.05, 0) is 36.2 Å². The third-order valence-electron chi connectivity index (χ3n) is 4.40. The van der Waals surface area contributed by atoms with Crippen LogP contribution >= 0.6 is 0 Å². The van der Waals surface area contributed by atoms with Gasteiger partial charge in [-0.3, -0.25) is 9.10 Å². The maximum atomic E-state index is 12.9. The average Bonchev–Trinajstić information content (AvgIpc) is 2.81. The minimum Gasteiger partial charge on any atom is -0.406 e. The molecule has 0 spiro atoms. The molecule has 3 rings (SSSR count). The molecule has 10 heteroatoms. The van der Waals surface area contributed by atoms with Crippen molar-refractivity contribution >= 4 is 27.3 Å². The van der Waals surface area contributed by atoms with E-state index in [9.17, 15) is 26.4 Å². The van der Waals surface area contributed by atoms with Gasteiger partial charge in [-0.1, -0.05) is 24.3 Å². The SMILES string of the molecule is CS(=O)(=O)N1CCCN(C(=O)Cc2ccc(OC(F)(F)F)cc2)c2ccccc21. The molecule has 1 heterocycles. The summed E-state index contributed by atoms with van der Waals surface area (Å²) in [5, 5.41) is 0. The number of benzene rings is 2. The maximum Gasteiger partial charge on any atom is 0.573 e. The van der Waals surface area contributed by atoms with Crippen LogP contribution in [0.2, 0.25) is 0 Å². The van der Waals surface area contributed by atoms with Crippen LogP contribution in [0.5, 0.6) is 5.75 Å². The van der Waals surface area contributed by atoms with E-state index in [1.807, 2.05) is 0 Å². The van der Waals surface area contributed by atoms with Crippen molar-refractivity contribution in [3.8, 4) is 5.75 Å². The Morgan fingerprint density at radius 1 is 1.03 bits per heavy atom. The molecule has 0 aromatic heterocycles. The highest BCUT2D eigenvalue weighted by atomic mass is 32.2. The first kappa shape index (κ1) is 21.0. The molecule has 29 heavy (non-hydrogen) atoms. The fourth-order valence-corrected chi connectivity index (χ4v) is 4.17. The lowest BCUT2D eigenvalue weighted by Crippen LogP contribution is -2.32. The number of halogens is 3. The van der Waals surface area contributed by atoms with Crippen LogP contribution in [-0.2, 0) is 21.2 Å². The van der Waals surface area contributed by atoms with Crippen LogP contribution in [0, 0.1) is 0 Å². The molecule has 0 N–H and O–H groups in total. The number of ether oxygens (including phenoxy) is 1. The predicted octanol–water partition coefficient (Wildman–Crippen LogP) is 3.33. The van der Waals surface area contributed by atoms with E-state index in [-0.39, 0.29) is 24.6 Å². The second-order valence-corrected chi connectivity index (χ2v) is 8.50. The smallest absolute Gasteiger partial charge is 0.406 e. The lowest BCUT2D eigenvalue weighted by atomic mass is 10.1. The number of anilines is 2. The van der Waals surface area contributed by atoms with E-state index in [2.05, 4.69) is 4.74 Å². The van der Waals surface area contributed by atoms with Crippen molar-refractivity contribution in [2.24, 2.45) is 0 Å². The van der Waals surface area contributed by atoms with Crippen molar-refractivity contribution in [2.45, 2.75) is 19.2 Å². The highest BCUT2D eigenvalue weighted by Gasteiger charge is 2.31. The number of nitrogens with zero attached hydrogens (tertiary/aromatic N) is 2. The fraction of sp³-hybridized carbons (Fsp3) is 0.316. The Kier molecular flexibility index (Phi) is 5.74. The van der Waals surface area contributed by atoms with Gasteiger partial charge in [-0.15, -0.1) is 13.2 Å². The molecule has 0 atom stereocenters. The number of amides is 1. The molecule has 0 saturated carbocycles. The van der Waals surface area contributed by atoms with E-state index in [1.54, 1.807) is 24.3 Å². The molecule has 156 valence electrons. The van der Waals surface area contributed by atoms with Crippen LogP contribution in [0.1, 0.15) is 12.0 Å². The van der Waals surface area contributed by atoms with Gasteiger partial charge in [0.15, 0.2) is 0 Å². The molecule has 0 bridgehead atoms. The molecule has 0 fully saturated rings. The van der Waals surface area contributed by atoms with Crippen molar-refractivity contribution in [3.05, 3.63) is 54.1 Å². The van der Waals surface area contributed by atoms with E-state index in [1.165, 1.54) is 21.3 Å². The summed E-state index contributed by atoms with van der Waals surface area (Å²) in [6.45, 7) is 0.584. The summed E-state index contributed by atoms with van der Waals surface area (Å²) in [6.07, 6.45) is -3.25. The molecule has 1 aliphatic rings. The van der Waals surface area contributed by atoms with Crippen LogP contribution in [-0.4, -0.2) is 40.0 Å². The van der Waals surface area contributed by atoms with Gasteiger partial charge >= 0.3 is 6.36 Å². The molecule has 0 radical (unpaired) electrons. The number of alkyl halides is 3. The van der Waals surface area contributed by atoms with Gasteiger partial charge in [0.25, 0.3) is 0 Å². The number of hydrogen-bond donors (Lipinski definition) is 0. The zero-order chi connectivity index (χ0) is 21.2. The number of rotatable bonds is 4. The topological polar surface area (TPSA) is 66.9 Å². The molecular weight excluding hydrogens is 409 g/mol. The van der Waals surface area contributed by atoms with E-state index in [0.717, 1.165) is 18.4 Å². The van der Waals surface area contributed by atoms with Crippen LogP contribution in [0.25, 0.3) is 0 Å². The Bertz CT molecular complexity index is 991. The number of fused-ring (bicyclic) bond motifs is 1. The lowest BCUT2D eigenvalue weighted by molar-refractivity contribution is -0.274. The quantitative estimate of drug-likeness (QED) is 0.749. The third-order valence-corrected chi connectivity index (χ3v) is 5.58. The molecule has 2 aromatic rings. The van der Waals surface area contributed by atoms with Crippen LogP contribution < -0.4 is 13.9 Å². The highest BCUT2D eigenvalue weighted by Crippen LogP contribution is 2.34. The second kappa shape index (κ2) is 7.94. The van der Waals surface area contributed by atoms with Gasteiger partial charge in [0.05, 0.1) is 24.1 Å². The first-order chi connectivity index (χ1) is 13.5. The second-order valence-electron chi connectivity index (χ2n) is 6.59. The molecular formula is C19H19F3N2O4S. The van der Waals surface area contributed by atoms with Crippen LogP contribution in [0.15, 0.2) is 48.5 Å². The summed E-state index contributed by atoms with van der Waals surface area (Å²) in [4.78, 5) is 14.4. The predicted molar refractivity (Wildman–Crippen MR) is 102 cm³/mol. The van der Waals surface area contributed by atoms with E-state index < -0.39 is 16.4 Å². The highest BCUT2D eigenvalue weighted by molar-refractivity contribution is 7.92. The molecule has 0 unspecified atom stereocenters. The number of carbonyl (C=O) groups excluding carboxylic acids is 1. The van der Waals surface area contributed by atoms with Gasteiger partial charge in [0.1, 0.15) is 5.75 Å². The molecule has 1 amide bonds. The molecule has 1 aliphatic heterocycles. The number of sulfonamides is 1. The Morgan fingerprint density at radius 3 is 2.24 bits per heavy atom. The first-order valence-electron chi connectivity index (χ1n) is 8.76. The lowest BCUT2D eigenvalue weighted by Gasteiger charge is -2.25. The first-order valence-corrected chi connectivity index (χ1v) is 10.6. The number of para-hydroxylation sites is 2. The van der Waals surface area contributed by atoms with E-state index in [4.69, 9.17) is 0 Å². The summed E-state index contributed by atoms with van der Waals surface area (Å²) >= 11 is 0. The van der Waals surface area contributed by atoms with Crippen molar-refractivity contribution in [1.29, 1.82) is 0 Å². The number of carbonyl (C=O) groups is 1.